The van der Waals surface area contributed by atoms with E-state index in [0.29, 0.717) is 30.8 Å². The number of imidazole rings is 1. The van der Waals surface area contributed by atoms with Gasteiger partial charge in [-0.15, -0.1) is 11.8 Å². The Morgan fingerprint density at radius 1 is 1.14 bits per heavy atom. The highest BCUT2D eigenvalue weighted by Gasteiger charge is 2.38. The van der Waals surface area contributed by atoms with E-state index in [2.05, 4.69) is 17.2 Å². The third-order valence-electron chi connectivity index (χ3n) is 6.12. The number of carbonyl (C=O) groups excluding carboxylic acids is 1. The summed E-state index contributed by atoms with van der Waals surface area (Å²) in [6.45, 7) is 2.93. The van der Waals surface area contributed by atoms with Gasteiger partial charge in [0.05, 0.1) is 24.2 Å². The van der Waals surface area contributed by atoms with Gasteiger partial charge >= 0.3 is 6.18 Å². The summed E-state index contributed by atoms with van der Waals surface area (Å²) in [7, 11) is 0. The molecule has 9 heteroatoms. The molecule has 0 radical (unpaired) electrons. The van der Waals surface area contributed by atoms with Gasteiger partial charge < -0.3 is 14.6 Å². The molecule has 5 rings (SSSR count). The molecule has 0 atom stereocenters. The van der Waals surface area contributed by atoms with Crippen LogP contribution in [0.15, 0.2) is 65.6 Å². The smallest absolute Gasteiger partial charge is 0.449 e. The van der Waals surface area contributed by atoms with Gasteiger partial charge in [0.2, 0.25) is 5.82 Å². The van der Waals surface area contributed by atoms with Crippen molar-refractivity contribution in [2.75, 3.05) is 12.4 Å². The molecule has 0 aliphatic carbocycles. The molecule has 2 heterocycles. The van der Waals surface area contributed by atoms with Crippen LogP contribution in [-0.2, 0) is 25.7 Å². The molecule has 0 saturated carbocycles. The zero-order valence-electron chi connectivity index (χ0n) is 19.6. The van der Waals surface area contributed by atoms with E-state index in [-0.39, 0.29) is 23.5 Å². The lowest BCUT2D eigenvalue weighted by Crippen LogP contribution is -2.22. The lowest BCUT2D eigenvalue weighted by Gasteiger charge is -2.13. The second kappa shape index (κ2) is 9.89. The fraction of sp³-hybridized carbons (Fsp3) is 0.259. The summed E-state index contributed by atoms with van der Waals surface area (Å²) in [5, 5.41) is 2.83. The molecule has 0 saturated heterocycles. The first-order chi connectivity index (χ1) is 17.3. The van der Waals surface area contributed by atoms with Crippen molar-refractivity contribution in [2.24, 2.45) is 0 Å². The van der Waals surface area contributed by atoms with E-state index in [4.69, 9.17) is 4.74 Å². The van der Waals surface area contributed by atoms with Gasteiger partial charge in [-0.3, -0.25) is 4.79 Å². The molecule has 1 amide bonds. The Kier molecular flexibility index (Phi) is 6.66. The van der Waals surface area contributed by atoms with Gasteiger partial charge in [-0.1, -0.05) is 31.2 Å². The van der Waals surface area contributed by atoms with Gasteiger partial charge in [-0.25, -0.2) is 4.98 Å². The summed E-state index contributed by atoms with van der Waals surface area (Å²) in [6, 6.07) is 17.8. The minimum atomic E-state index is -4.64. The highest BCUT2D eigenvalue weighted by Crippen LogP contribution is 2.34. The molecule has 4 aromatic rings. The minimum Gasteiger partial charge on any atom is -0.493 e. The molecular formula is C27H24F3N3O2S. The average Bonchev–Trinajstić information content (AvgIpc) is 3.49. The Morgan fingerprint density at radius 2 is 1.94 bits per heavy atom. The summed E-state index contributed by atoms with van der Waals surface area (Å²) in [5.41, 5.74) is 3.32. The standard InChI is InChI=1S/C27H24F3N3O2S/c1-2-36-20-9-6-17(7-10-20)15-31-25(34)18-8-11-23-22(14-18)32-26(27(28,29)30)33(23)16-19-4-3-5-24-21(19)12-13-35-24/h3-11,14H,2,12-13,15-16H2,1H3,(H,31,34). The van der Waals surface area contributed by atoms with E-state index in [1.807, 2.05) is 36.4 Å². The lowest BCUT2D eigenvalue weighted by molar-refractivity contribution is -0.146. The number of fused-ring (bicyclic) bond motifs is 2. The molecule has 1 aliphatic heterocycles. The molecule has 1 aliphatic rings. The first kappa shape index (κ1) is 24.2. The lowest BCUT2D eigenvalue weighted by atomic mass is 10.0. The molecule has 5 nitrogen and oxygen atoms in total. The predicted molar refractivity (Wildman–Crippen MR) is 133 cm³/mol. The topological polar surface area (TPSA) is 56.2 Å². The quantitative estimate of drug-likeness (QED) is 0.306. The first-order valence-electron chi connectivity index (χ1n) is 11.6. The third-order valence-corrected chi connectivity index (χ3v) is 7.01. The normalized spacial score (nSPS) is 13.0. The molecule has 36 heavy (non-hydrogen) atoms. The number of alkyl halides is 3. The number of hydrogen-bond acceptors (Lipinski definition) is 4. The number of aromatic nitrogens is 2. The van der Waals surface area contributed by atoms with Crippen LogP contribution in [0.2, 0.25) is 0 Å². The molecule has 186 valence electrons. The minimum absolute atomic E-state index is 0.00965. The van der Waals surface area contributed by atoms with Crippen molar-refractivity contribution < 1.29 is 22.7 Å². The van der Waals surface area contributed by atoms with Gasteiger partial charge in [0.25, 0.3) is 5.91 Å². The van der Waals surface area contributed by atoms with Crippen LogP contribution in [0.5, 0.6) is 5.75 Å². The summed E-state index contributed by atoms with van der Waals surface area (Å²) in [5.74, 6) is 0.330. The van der Waals surface area contributed by atoms with Crippen LogP contribution in [0.4, 0.5) is 13.2 Å². The predicted octanol–water partition coefficient (Wildman–Crippen LogP) is 6.08. The molecule has 1 N–H and O–H groups in total. The van der Waals surface area contributed by atoms with Crippen molar-refractivity contribution >= 4 is 28.7 Å². The number of benzene rings is 3. The van der Waals surface area contributed by atoms with E-state index >= 15 is 0 Å². The summed E-state index contributed by atoms with van der Waals surface area (Å²) >= 11 is 1.73. The monoisotopic (exact) mass is 511 g/mol. The number of rotatable bonds is 7. The maximum absolute atomic E-state index is 13.9. The summed E-state index contributed by atoms with van der Waals surface area (Å²) in [4.78, 5) is 17.8. The Hall–Kier alpha value is -3.46. The van der Waals surface area contributed by atoms with Gasteiger partial charge in [0.15, 0.2) is 0 Å². The van der Waals surface area contributed by atoms with Crippen LogP contribution in [-0.4, -0.2) is 27.8 Å². The first-order valence-corrected chi connectivity index (χ1v) is 12.6. The van der Waals surface area contributed by atoms with Crippen molar-refractivity contribution in [2.45, 2.75) is 37.5 Å². The van der Waals surface area contributed by atoms with E-state index in [1.165, 1.54) is 22.8 Å². The number of thioether (sulfide) groups is 1. The molecular weight excluding hydrogens is 487 g/mol. The molecule has 3 aromatic carbocycles. The molecule has 0 spiro atoms. The SMILES string of the molecule is CCSc1ccc(CNC(=O)c2ccc3c(c2)nc(C(F)(F)F)n3Cc2cccc3c2CCO3)cc1. The highest BCUT2D eigenvalue weighted by molar-refractivity contribution is 7.99. The molecule has 1 aromatic heterocycles. The van der Waals surface area contributed by atoms with Gasteiger partial charge in [-0.2, -0.15) is 13.2 Å². The van der Waals surface area contributed by atoms with Crippen molar-refractivity contribution in [1.29, 1.82) is 0 Å². The maximum atomic E-state index is 13.9. The summed E-state index contributed by atoms with van der Waals surface area (Å²) in [6.07, 6.45) is -3.98. The van der Waals surface area contributed by atoms with E-state index < -0.39 is 12.0 Å². The number of amides is 1. The van der Waals surface area contributed by atoms with E-state index in [1.54, 1.807) is 17.8 Å². The van der Waals surface area contributed by atoms with Crippen LogP contribution in [0.3, 0.4) is 0 Å². The van der Waals surface area contributed by atoms with Crippen molar-refractivity contribution in [3.8, 4) is 5.75 Å². The van der Waals surface area contributed by atoms with Crippen LogP contribution in [0, 0.1) is 0 Å². The van der Waals surface area contributed by atoms with Crippen molar-refractivity contribution in [3.05, 3.63) is 88.7 Å². The zero-order chi connectivity index (χ0) is 25.3. The number of halogens is 3. The van der Waals surface area contributed by atoms with Crippen LogP contribution >= 0.6 is 11.8 Å². The Labute approximate surface area is 210 Å². The number of nitrogens with zero attached hydrogens (tertiary/aromatic N) is 2. The van der Waals surface area contributed by atoms with E-state index in [0.717, 1.165) is 27.3 Å². The van der Waals surface area contributed by atoms with Crippen molar-refractivity contribution in [1.82, 2.24) is 14.9 Å². The van der Waals surface area contributed by atoms with Gasteiger partial charge in [0, 0.05) is 29.0 Å². The molecule has 0 fully saturated rings. The average molecular weight is 512 g/mol. The third kappa shape index (κ3) is 4.93. The van der Waals surface area contributed by atoms with Crippen molar-refractivity contribution in [3.63, 3.8) is 0 Å². The Balaban J connectivity index is 1.40. The van der Waals surface area contributed by atoms with Gasteiger partial charge in [0.1, 0.15) is 5.75 Å². The molecule has 0 bridgehead atoms. The number of carbonyl (C=O) groups is 1. The van der Waals surface area contributed by atoms with Gasteiger partial charge in [-0.05, 0) is 53.3 Å². The second-order valence-electron chi connectivity index (χ2n) is 8.47. The highest BCUT2D eigenvalue weighted by atomic mass is 32.2. The van der Waals surface area contributed by atoms with Crippen LogP contribution < -0.4 is 10.1 Å². The van der Waals surface area contributed by atoms with Crippen LogP contribution in [0.25, 0.3) is 11.0 Å². The number of nitrogens with one attached hydrogen (secondary N) is 1. The Morgan fingerprint density at radius 3 is 2.69 bits per heavy atom. The Bertz CT molecular complexity index is 1410. The van der Waals surface area contributed by atoms with E-state index in [9.17, 15) is 18.0 Å². The summed E-state index contributed by atoms with van der Waals surface area (Å²) < 4.78 is 48.5. The maximum Gasteiger partial charge on any atom is 0.449 e. The zero-order valence-corrected chi connectivity index (χ0v) is 20.4. The number of ether oxygens (including phenoxy) is 1. The fourth-order valence-corrected chi connectivity index (χ4v) is 5.08. The van der Waals surface area contributed by atoms with Crippen LogP contribution in [0.1, 0.15) is 39.8 Å². The molecule has 0 unspecified atom stereocenters. The second-order valence-corrected chi connectivity index (χ2v) is 9.81. The number of hydrogen-bond donors (Lipinski definition) is 1. The fourth-order valence-electron chi connectivity index (χ4n) is 4.41. The largest absolute Gasteiger partial charge is 0.493 e.